The summed E-state index contributed by atoms with van der Waals surface area (Å²) in [6, 6.07) is 12.4. The highest BCUT2D eigenvalue weighted by atomic mass is 16.5. The smallest absolute Gasteiger partial charge is 0.311 e. The van der Waals surface area contributed by atoms with Gasteiger partial charge in [-0.15, -0.1) is 0 Å². The molecular weight excluding hydrogens is 358 g/mol. The van der Waals surface area contributed by atoms with E-state index in [4.69, 9.17) is 9.47 Å². The molecule has 0 aliphatic carbocycles. The van der Waals surface area contributed by atoms with E-state index in [1.54, 1.807) is 29.2 Å². The van der Waals surface area contributed by atoms with Crippen molar-refractivity contribution in [3.63, 3.8) is 0 Å². The molecule has 0 N–H and O–H groups in total. The second kappa shape index (κ2) is 8.25. The van der Waals surface area contributed by atoms with Gasteiger partial charge in [0.05, 0.1) is 13.0 Å². The third-order valence-corrected chi connectivity index (χ3v) is 5.00. The molecule has 2 aromatic carbocycles. The Bertz CT molecular complexity index is 921. The van der Waals surface area contributed by atoms with E-state index >= 15 is 0 Å². The number of nitrogens with zero attached hydrogens (tertiary/aromatic N) is 1. The van der Waals surface area contributed by atoms with Crippen LogP contribution in [-0.4, -0.2) is 37.9 Å². The Labute approximate surface area is 164 Å². The SMILES string of the molecule is COc1cccc(C(=O)COC(=O)[C@@H]2CC(=O)N(c3ccc(C)c(C)c3)C2)c1. The van der Waals surface area contributed by atoms with E-state index in [-0.39, 0.29) is 31.3 Å². The highest BCUT2D eigenvalue weighted by molar-refractivity contribution is 6.01. The highest BCUT2D eigenvalue weighted by Gasteiger charge is 2.36. The minimum Gasteiger partial charge on any atom is -0.497 e. The molecule has 0 radical (unpaired) electrons. The lowest BCUT2D eigenvalue weighted by Crippen LogP contribution is -2.27. The molecule has 6 heteroatoms. The molecule has 1 aliphatic rings. The maximum absolute atomic E-state index is 12.4. The first kappa shape index (κ1) is 19.6. The Morgan fingerprint density at radius 2 is 1.89 bits per heavy atom. The van der Waals surface area contributed by atoms with Crippen LogP contribution >= 0.6 is 0 Å². The largest absolute Gasteiger partial charge is 0.497 e. The van der Waals surface area contributed by atoms with Crippen LogP contribution in [0.1, 0.15) is 27.9 Å². The Balaban J connectivity index is 1.60. The maximum Gasteiger partial charge on any atom is 0.311 e. The number of aryl methyl sites for hydroxylation is 2. The average molecular weight is 381 g/mol. The zero-order valence-electron chi connectivity index (χ0n) is 16.2. The standard InChI is InChI=1S/C22H23NO5/c1-14-7-8-18(9-15(14)2)23-12-17(11-21(23)25)22(26)28-13-20(24)16-5-4-6-19(10-16)27-3/h4-10,17H,11-13H2,1-3H3/t17-/m1/s1. The van der Waals surface area contributed by atoms with Crippen LogP contribution in [0.15, 0.2) is 42.5 Å². The van der Waals surface area contributed by atoms with E-state index in [2.05, 4.69) is 0 Å². The molecule has 3 rings (SSSR count). The summed E-state index contributed by atoms with van der Waals surface area (Å²) in [6.07, 6.45) is 0.0824. The number of ketones is 1. The number of hydrogen-bond acceptors (Lipinski definition) is 5. The van der Waals surface area contributed by atoms with Crippen LogP contribution < -0.4 is 9.64 Å². The van der Waals surface area contributed by atoms with Crippen molar-refractivity contribution in [1.29, 1.82) is 0 Å². The summed E-state index contributed by atoms with van der Waals surface area (Å²) in [7, 11) is 1.52. The van der Waals surface area contributed by atoms with Gasteiger partial charge in [-0.05, 0) is 49.2 Å². The molecule has 1 amide bonds. The fraction of sp³-hybridized carbons (Fsp3) is 0.318. The Kier molecular flexibility index (Phi) is 5.78. The van der Waals surface area contributed by atoms with E-state index in [0.29, 0.717) is 11.3 Å². The number of benzene rings is 2. The van der Waals surface area contributed by atoms with Gasteiger partial charge < -0.3 is 14.4 Å². The lowest BCUT2D eigenvalue weighted by Gasteiger charge is -2.17. The molecule has 6 nitrogen and oxygen atoms in total. The molecule has 0 spiro atoms. The summed E-state index contributed by atoms with van der Waals surface area (Å²) in [5, 5.41) is 0. The van der Waals surface area contributed by atoms with Gasteiger partial charge >= 0.3 is 5.97 Å². The topological polar surface area (TPSA) is 72.9 Å². The van der Waals surface area contributed by atoms with Crippen molar-refractivity contribution in [2.24, 2.45) is 5.92 Å². The van der Waals surface area contributed by atoms with Gasteiger partial charge in [0.2, 0.25) is 5.91 Å². The average Bonchev–Trinajstić information content (AvgIpc) is 3.09. The minimum absolute atomic E-state index is 0.0824. The van der Waals surface area contributed by atoms with E-state index in [9.17, 15) is 14.4 Å². The summed E-state index contributed by atoms with van der Waals surface area (Å²) in [4.78, 5) is 38.6. The normalized spacial score (nSPS) is 16.2. The van der Waals surface area contributed by atoms with Gasteiger partial charge in [-0.3, -0.25) is 14.4 Å². The predicted molar refractivity (Wildman–Crippen MR) is 105 cm³/mol. The van der Waals surface area contributed by atoms with Gasteiger partial charge in [0.25, 0.3) is 0 Å². The van der Waals surface area contributed by atoms with Gasteiger partial charge in [-0.25, -0.2) is 0 Å². The molecule has 1 aliphatic heterocycles. The quantitative estimate of drug-likeness (QED) is 0.568. The monoisotopic (exact) mass is 381 g/mol. The van der Waals surface area contributed by atoms with E-state index in [0.717, 1.165) is 16.8 Å². The van der Waals surface area contributed by atoms with Crippen molar-refractivity contribution in [2.75, 3.05) is 25.2 Å². The molecule has 0 bridgehead atoms. The molecule has 1 fully saturated rings. The van der Waals surface area contributed by atoms with Crippen molar-refractivity contribution in [1.82, 2.24) is 0 Å². The van der Waals surface area contributed by atoms with E-state index < -0.39 is 11.9 Å². The Hall–Kier alpha value is -3.15. The minimum atomic E-state index is -0.577. The number of carbonyl (C=O) groups excluding carboxylic acids is 3. The van der Waals surface area contributed by atoms with Crippen molar-refractivity contribution in [3.05, 3.63) is 59.2 Å². The maximum atomic E-state index is 12.4. The zero-order chi connectivity index (χ0) is 20.3. The second-order valence-electron chi connectivity index (χ2n) is 6.94. The summed E-state index contributed by atoms with van der Waals surface area (Å²) in [5.41, 5.74) is 3.41. The van der Waals surface area contributed by atoms with Crippen molar-refractivity contribution in [2.45, 2.75) is 20.3 Å². The van der Waals surface area contributed by atoms with Crippen molar-refractivity contribution in [3.8, 4) is 5.75 Å². The van der Waals surface area contributed by atoms with E-state index in [1.165, 1.54) is 7.11 Å². The molecule has 1 saturated heterocycles. The summed E-state index contributed by atoms with van der Waals surface area (Å²) in [5.74, 6) is -0.988. The van der Waals surface area contributed by atoms with Gasteiger partial charge in [-0.2, -0.15) is 0 Å². The number of amides is 1. The number of methoxy groups -OCH3 is 1. The van der Waals surface area contributed by atoms with Crippen LogP contribution in [0.3, 0.4) is 0 Å². The molecule has 0 unspecified atom stereocenters. The molecular formula is C22H23NO5. The summed E-state index contributed by atoms with van der Waals surface area (Å²) >= 11 is 0. The van der Waals surface area contributed by atoms with Gasteiger partial charge in [-0.1, -0.05) is 18.2 Å². The summed E-state index contributed by atoms with van der Waals surface area (Å²) < 4.78 is 10.3. The number of carbonyl (C=O) groups is 3. The fourth-order valence-corrected chi connectivity index (χ4v) is 3.14. The molecule has 1 atom stereocenters. The lowest BCUT2D eigenvalue weighted by atomic mass is 10.1. The fourth-order valence-electron chi connectivity index (χ4n) is 3.14. The number of Topliss-reactive ketones (excluding diaryl/α,β-unsaturated/α-hetero) is 1. The van der Waals surface area contributed by atoms with Crippen LogP contribution in [-0.2, 0) is 14.3 Å². The molecule has 0 saturated carbocycles. The van der Waals surface area contributed by atoms with Crippen LogP contribution in [0, 0.1) is 19.8 Å². The predicted octanol–water partition coefficient (Wildman–Crippen LogP) is 3.09. The van der Waals surface area contributed by atoms with Crippen molar-refractivity contribution >= 4 is 23.3 Å². The number of ether oxygens (including phenoxy) is 2. The number of hydrogen-bond donors (Lipinski definition) is 0. The number of anilines is 1. The highest BCUT2D eigenvalue weighted by Crippen LogP contribution is 2.27. The molecule has 1 heterocycles. The molecule has 0 aromatic heterocycles. The number of rotatable bonds is 6. The van der Waals surface area contributed by atoms with Gasteiger partial charge in [0.15, 0.2) is 12.4 Å². The first-order valence-corrected chi connectivity index (χ1v) is 9.10. The van der Waals surface area contributed by atoms with Crippen LogP contribution in [0.5, 0.6) is 5.75 Å². The van der Waals surface area contributed by atoms with Gasteiger partial charge in [0.1, 0.15) is 5.75 Å². The van der Waals surface area contributed by atoms with Crippen LogP contribution in [0.25, 0.3) is 0 Å². The second-order valence-corrected chi connectivity index (χ2v) is 6.94. The molecule has 28 heavy (non-hydrogen) atoms. The zero-order valence-corrected chi connectivity index (χ0v) is 16.2. The first-order valence-electron chi connectivity index (χ1n) is 9.10. The third-order valence-electron chi connectivity index (χ3n) is 5.00. The molecule has 2 aromatic rings. The first-order chi connectivity index (χ1) is 13.4. The van der Waals surface area contributed by atoms with Crippen LogP contribution in [0.4, 0.5) is 5.69 Å². The Morgan fingerprint density at radius 1 is 1.11 bits per heavy atom. The Morgan fingerprint density at radius 3 is 2.61 bits per heavy atom. The van der Waals surface area contributed by atoms with Crippen LogP contribution in [0.2, 0.25) is 0 Å². The van der Waals surface area contributed by atoms with Gasteiger partial charge in [0, 0.05) is 24.2 Å². The van der Waals surface area contributed by atoms with Crippen molar-refractivity contribution < 1.29 is 23.9 Å². The lowest BCUT2D eigenvalue weighted by molar-refractivity contribution is -0.147. The van der Waals surface area contributed by atoms with E-state index in [1.807, 2.05) is 32.0 Å². The summed E-state index contributed by atoms with van der Waals surface area (Å²) in [6.45, 7) is 3.88. The third kappa shape index (κ3) is 4.22. The molecule has 146 valence electrons. The number of esters is 1.